The number of hydrogen-bond acceptors (Lipinski definition) is 4. The molecule has 7 nitrogen and oxygen atoms in total. The number of nitrogens with one attached hydrogen (secondary N) is 3. The Morgan fingerprint density at radius 2 is 2.00 bits per heavy atom. The predicted molar refractivity (Wildman–Crippen MR) is 121 cm³/mol. The molecule has 0 saturated carbocycles. The number of fused-ring (bicyclic) bond motifs is 1. The van der Waals surface area contributed by atoms with Crippen LogP contribution in [0.15, 0.2) is 23.2 Å². The number of benzene rings is 1. The van der Waals surface area contributed by atoms with Crippen LogP contribution in [-0.2, 0) is 27.6 Å². The molecule has 1 fully saturated rings. The second-order valence-electron chi connectivity index (χ2n) is 8.26. The van der Waals surface area contributed by atoms with Crippen LogP contribution < -0.4 is 15.4 Å². The molecule has 1 aliphatic carbocycles. The van der Waals surface area contributed by atoms with Gasteiger partial charge in [-0.3, -0.25) is 4.99 Å². The lowest BCUT2D eigenvalue weighted by molar-refractivity contribution is 0.0200. The first-order valence-electron chi connectivity index (χ1n) is 11.1. The zero-order chi connectivity index (χ0) is 21.4. The number of aliphatic imine (C=N–C) groups is 1. The lowest BCUT2D eigenvalue weighted by Gasteiger charge is -2.23. The lowest BCUT2D eigenvalue weighted by atomic mass is 9.89. The average Bonchev–Trinajstić information content (AvgIpc) is 2.77. The number of rotatable bonds is 8. The van der Waals surface area contributed by atoms with E-state index in [1.54, 1.807) is 7.05 Å². The molecule has 1 saturated heterocycles. The summed E-state index contributed by atoms with van der Waals surface area (Å²) < 4.78 is 32.8. The number of nitrogens with zero attached hydrogens (tertiary/aromatic N) is 1. The van der Waals surface area contributed by atoms with Gasteiger partial charge in [-0.15, -0.1) is 0 Å². The number of guanidine groups is 1. The normalized spacial score (nSPS) is 21.0. The minimum atomic E-state index is -3.35. The molecule has 30 heavy (non-hydrogen) atoms. The monoisotopic (exact) mass is 436 g/mol. The van der Waals surface area contributed by atoms with Gasteiger partial charge in [-0.2, -0.15) is 0 Å². The quantitative estimate of drug-likeness (QED) is 0.430. The standard InChI is InChI=1S/C22H36N4O3S/c1-17(19-11-10-18-7-3-4-8-20(18)15-19)26-22(23-2)24-12-14-30(27,28)25-16-21-9-5-6-13-29-21/h10-11,15,17,21,25H,3-9,12-14,16H2,1-2H3,(H2,23,24,26). The van der Waals surface area contributed by atoms with E-state index in [0.717, 1.165) is 32.3 Å². The van der Waals surface area contributed by atoms with Gasteiger partial charge in [0.25, 0.3) is 0 Å². The average molecular weight is 437 g/mol. The van der Waals surface area contributed by atoms with Crippen molar-refractivity contribution in [2.24, 2.45) is 4.99 Å². The Morgan fingerprint density at radius 3 is 2.73 bits per heavy atom. The molecule has 168 valence electrons. The Balaban J connectivity index is 1.43. The fraction of sp³-hybridized carbons (Fsp3) is 0.682. The molecule has 2 atom stereocenters. The van der Waals surface area contributed by atoms with E-state index in [1.807, 2.05) is 0 Å². The van der Waals surface area contributed by atoms with Gasteiger partial charge in [0.05, 0.1) is 17.9 Å². The highest BCUT2D eigenvalue weighted by atomic mass is 32.2. The van der Waals surface area contributed by atoms with E-state index in [0.29, 0.717) is 12.5 Å². The summed E-state index contributed by atoms with van der Waals surface area (Å²) in [7, 11) is -1.65. The van der Waals surface area contributed by atoms with E-state index in [2.05, 4.69) is 45.5 Å². The Labute approximate surface area is 181 Å². The first kappa shape index (κ1) is 23.0. The molecule has 3 rings (SSSR count). The summed E-state index contributed by atoms with van der Waals surface area (Å²) in [5, 5.41) is 6.48. The van der Waals surface area contributed by atoms with Crippen LogP contribution in [-0.4, -0.2) is 53.0 Å². The number of ether oxygens (including phenoxy) is 1. The van der Waals surface area contributed by atoms with E-state index >= 15 is 0 Å². The van der Waals surface area contributed by atoms with Crippen molar-refractivity contribution in [1.82, 2.24) is 15.4 Å². The Morgan fingerprint density at radius 1 is 1.20 bits per heavy atom. The predicted octanol–water partition coefficient (Wildman–Crippen LogP) is 2.28. The molecule has 2 aliphatic rings. The van der Waals surface area contributed by atoms with Gasteiger partial charge in [-0.05, 0) is 68.6 Å². The van der Waals surface area contributed by atoms with Crippen molar-refractivity contribution in [1.29, 1.82) is 0 Å². The summed E-state index contributed by atoms with van der Waals surface area (Å²) in [6, 6.07) is 6.80. The molecule has 1 heterocycles. The molecule has 0 spiro atoms. The van der Waals surface area contributed by atoms with E-state index in [4.69, 9.17) is 4.74 Å². The molecule has 8 heteroatoms. The summed E-state index contributed by atoms with van der Waals surface area (Å²) in [6.45, 7) is 3.46. The summed E-state index contributed by atoms with van der Waals surface area (Å²) in [5.74, 6) is 0.597. The van der Waals surface area contributed by atoms with Crippen molar-refractivity contribution in [2.75, 3.05) is 32.5 Å². The zero-order valence-electron chi connectivity index (χ0n) is 18.2. The highest BCUT2D eigenvalue weighted by molar-refractivity contribution is 7.89. The molecule has 0 bridgehead atoms. The van der Waals surface area contributed by atoms with E-state index < -0.39 is 10.0 Å². The Kier molecular flexibility index (Phi) is 8.53. The van der Waals surface area contributed by atoms with Gasteiger partial charge in [-0.25, -0.2) is 13.1 Å². The summed E-state index contributed by atoms with van der Waals surface area (Å²) in [4.78, 5) is 4.24. The van der Waals surface area contributed by atoms with Gasteiger partial charge in [0.1, 0.15) is 0 Å². The van der Waals surface area contributed by atoms with Gasteiger partial charge in [0.15, 0.2) is 5.96 Å². The van der Waals surface area contributed by atoms with Crippen molar-refractivity contribution in [3.05, 3.63) is 34.9 Å². The topological polar surface area (TPSA) is 91.8 Å². The Bertz CT molecular complexity index is 820. The number of aryl methyl sites for hydroxylation is 2. The molecule has 3 N–H and O–H groups in total. The molecule has 0 radical (unpaired) electrons. The second kappa shape index (κ2) is 11.1. The van der Waals surface area contributed by atoms with Crippen molar-refractivity contribution < 1.29 is 13.2 Å². The fourth-order valence-corrected chi connectivity index (χ4v) is 5.02. The van der Waals surface area contributed by atoms with Gasteiger partial charge in [0, 0.05) is 26.7 Å². The number of sulfonamides is 1. The van der Waals surface area contributed by atoms with Crippen LogP contribution in [0.4, 0.5) is 0 Å². The first-order chi connectivity index (χ1) is 14.5. The first-order valence-corrected chi connectivity index (χ1v) is 12.8. The third kappa shape index (κ3) is 6.96. The molecule has 1 aromatic carbocycles. The van der Waals surface area contributed by atoms with Crippen LogP contribution in [0.5, 0.6) is 0 Å². The molecular weight excluding hydrogens is 400 g/mol. The second-order valence-corrected chi connectivity index (χ2v) is 10.2. The minimum absolute atomic E-state index is 0.00613. The molecule has 1 aromatic rings. The van der Waals surface area contributed by atoms with Crippen LogP contribution in [0, 0.1) is 0 Å². The van der Waals surface area contributed by atoms with E-state index in [1.165, 1.54) is 36.0 Å². The molecule has 1 aliphatic heterocycles. The van der Waals surface area contributed by atoms with Crippen molar-refractivity contribution >= 4 is 16.0 Å². The third-order valence-electron chi connectivity index (χ3n) is 5.92. The van der Waals surface area contributed by atoms with E-state index in [-0.39, 0.29) is 24.4 Å². The molecular formula is C22H36N4O3S. The maximum atomic E-state index is 12.3. The van der Waals surface area contributed by atoms with Gasteiger partial charge >= 0.3 is 0 Å². The van der Waals surface area contributed by atoms with Crippen LogP contribution in [0.2, 0.25) is 0 Å². The fourth-order valence-electron chi connectivity index (χ4n) is 4.07. The van der Waals surface area contributed by atoms with Gasteiger partial charge in [-0.1, -0.05) is 18.2 Å². The number of hydrogen-bond donors (Lipinski definition) is 3. The van der Waals surface area contributed by atoms with Crippen molar-refractivity contribution in [2.45, 2.75) is 64.0 Å². The van der Waals surface area contributed by atoms with E-state index in [9.17, 15) is 8.42 Å². The zero-order valence-corrected chi connectivity index (χ0v) is 19.1. The highest BCUT2D eigenvalue weighted by Gasteiger charge is 2.18. The maximum Gasteiger partial charge on any atom is 0.213 e. The van der Waals surface area contributed by atoms with Gasteiger partial charge in [0.2, 0.25) is 10.0 Å². The van der Waals surface area contributed by atoms with Crippen molar-refractivity contribution in [3.8, 4) is 0 Å². The lowest BCUT2D eigenvalue weighted by Crippen LogP contribution is -2.43. The maximum absolute atomic E-state index is 12.3. The van der Waals surface area contributed by atoms with Gasteiger partial charge < -0.3 is 15.4 Å². The molecule has 0 amide bonds. The van der Waals surface area contributed by atoms with Crippen molar-refractivity contribution in [3.63, 3.8) is 0 Å². The van der Waals surface area contributed by atoms with Crippen LogP contribution in [0.1, 0.15) is 61.8 Å². The van der Waals surface area contributed by atoms with Crippen LogP contribution in [0.3, 0.4) is 0 Å². The molecule has 0 aromatic heterocycles. The summed E-state index contributed by atoms with van der Waals surface area (Å²) in [5.41, 5.74) is 4.14. The molecule has 2 unspecified atom stereocenters. The van der Waals surface area contributed by atoms with Crippen LogP contribution >= 0.6 is 0 Å². The Hall–Kier alpha value is -1.64. The summed E-state index contributed by atoms with van der Waals surface area (Å²) in [6.07, 6.45) is 7.93. The smallest absolute Gasteiger partial charge is 0.213 e. The summed E-state index contributed by atoms with van der Waals surface area (Å²) >= 11 is 0. The SMILES string of the molecule is CN=C(NCCS(=O)(=O)NCC1CCCCO1)NC(C)c1ccc2c(c1)CCCC2. The third-order valence-corrected chi connectivity index (χ3v) is 7.27. The minimum Gasteiger partial charge on any atom is -0.377 e. The largest absolute Gasteiger partial charge is 0.377 e. The highest BCUT2D eigenvalue weighted by Crippen LogP contribution is 2.24. The van der Waals surface area contributed by atoms with Crippen LogP contribution in [0.25, 0.3) is 0 Å².